The Balaban J connectivity index is 1.52. The Morgan fingerprint density at radius 2 is 1.84 bits per heavy atom. The molecule has 130 valence electrons. The molecule has 1 atom stereocenters. The highest BCUT2D eigenvalue weighted by Gasteiger charge is 2.25. The molecule has 0 radical (unpaired) electrons. The standard InChI is InChI=1S/C22H26N2O/c1-17-15-24(21-11-4-3-10-20(17)21)16-18-8-7-9-19(14-18)22(25)23-12-5-2-6-13-23/h3-4,7-11,14,17H,2,5-6,12-13,15-16H2,1H3. The summed E-state index contributed by atoms with van der Waals surface area (Å²) in [7, 11) is 0. The Labute approximate surface area is 150 Å². The molecule has 0 saturated carbocycles. The van der Waals surface area contributed by atoms with Crippen molar-refractivity contribution in [3.05, 3.63) is 65.2 Å². The molecule has 1 amide bonds. The van der Waals surface area contributed by atoms with E-state index in [1.807, 2.05) is 17.0 Å². The van der Waals surface area contributed by atoms with Crippen LogP contribution in [0.15, 0.2) is 48.5 Å². The van der Waals surface area contributed by atoms with Crippen molar-refractivity contribution in [3.63, 3.8) is 0 Å². The van der Waals surface area contributed by atoms with Gasteiger partial charge in [0, 0.05) is 43.3 Å². The van der Waals surface area contributed by atoms with Gasteiger partial charge in [-0.15, -0.1) is 0 Å². The zero-order valence-electron chi connectivity index (χ0n) is 14.9. The Kier molecular flexibility index (Phi) is 4.48. The van der Waals surface area contributed by atoms with Crippen molar-refractivity contribution in [2.24, 2.45) is 0 Å². The quantitative estimate of drug-likeness (QED) is 0.828. The number of hydrogen-bond donors (Lipinski definition) is 0. The van der Waals surface area contributed by atoms with Gasteiger partial charge in [0.15, 0.2) is 0 Å². The summed E-state index contributed by atoms with van der Waals surface area (Å²) in [5.41, 5.74) is 4.82. The van der Waals surface area contributed by atoms with E-state index in [0.29, 0.717) is 5.92 Å². The van der Waals surface area contributed by atoms with Crippen LogP contribution in [0.2, 0.25) is 0 Å². The number of anilines is 1. The molecule has 2 heterocycles. The van der Waals surface area contributed by atoms with Crippen molar-refractivity contribution < 1.29 is 4.79 Å². The first kappa shape index (κ1) is 16.2. The van der Waals surface area contributed by atoms with Gasteiger partial charge >= 0.3 is 0 Å². The lowest BCUT2D eigenvalue weighted by Crippen LogP contribution is -2.35. The highest BCUT2D eigenvalue weighted by Crippen LogP contribution is 2.36. The summed E-state index contributed by atoms with van der Waals surface area (Å²) >= 11 is 0. The maximum Gasteiger partial charge on any atom is 0.253 e. The van der Waals surface area contributed by atoms with Gasteiger partial charge in [-0.1, -0.05) is 37.3 Å². The van der Waals surface area contributed by atoms with E-state index in [-0.39, 0.29) is 5.91 Å². The van der Waals surface area contributed by atoms with E-state index in [1.165, 1.54) is 23.2 Å². The van der Waals surface area contributed by atoms with Gasteiger partial charge in [0.1, 0.15) is 0 Å². The molecule has 0 aromatic heterocycles. The van der Waals surface area contributed by atoms with Crippen LogP contribution in [0, 0.1) is 0 Å². The third-order valence-corrected chi connectivity index (χ3v) is 5.49. The molecule has 3 nitrogen and oxygen atoms in total. The van der Waals surface area contributed by atoms with E-state index < -0.39 is 0 Å². The molecular weight excluding hydrogens is 308 g/mol. The number of amides is 1. The van der Waals surface area contributed by atoms with Crippen LogP contribution in [0.5, 0.6) is 0 Å². The first-order chi connectivity index (χ1) is 12.2. The number of carbonyl (C=O) groups is 1. The topological polar surface area (TPSA) is 23.6 Å². The van der Waals surface area contributed by atoms with Gasteiger partial charge in [0.2, 0.25) is 0 Å². The second-order valence-electron chi connectivity index (χ2n) is 7.39. The number of benzene rings is 2. The molecule has 1 unspecified atom stereocenters. The average Bonchev–Trinajstić information content (AvgIpc) is 2.98. The predicted octanol–water partition coefficient (Wildman–Crippen LogP) is 4.44. The maximum absolute atomic E-state index is 12.8. The first-order valence-electron chi connectivity index (χ1n) is 9.44. The van der Waals surface area contributed by atoms with Crippen LogP contribution >= 0.6 is 0 Å². The van der Waals surface area contributed by atoms with Crippen LogP contribution in [0.1, 0.15) is 53.6 Å². The van der Waals surface area contributed by atoms with E-state index in [4.69, 9.17) is 0 Å². The fourth-order valence-electron chi connectivity index (χ4n) is 4.17. The molecule has 4 rings (SSSR count). The molecule has 1 fully saturated rings. The number of fused-ring (bicyclic) bond motifs is 1. The second-order valence-corrected chi connectivity index (χ2v) is 7.39. The van der Waals surface area contributed by atoms with E-state index >= 15 is 0 Å². The number of para-hydroxylation sites is 1. The lowest BCUT2D eigenvalue weighted by molar-refractivity contribution is 0.0724. The molecular formula is C22H26N2O. The minimum Gasteiger partial charge on any atom is -0.366 e. The molecule has 0 spiro atoms. The summed E-state index contributed by atoms with van der Waals surface area (Å²) in [6.07, 6.45) is 3.51. The third kappa shape index (κ3) is 3.28. The number of nitrogens with zero attached hydrogens (tertiary/aromatic N) is 2. The number of hydrogen-bond acceptors (Lipinski definition) is 2. The third-order valence-electron chi connectivity index (χ3n) is 5.49. The van der Waals surface area contributed by atoms with Crippen molar-refractivity contribution in [1.29, 1.82) is 0 Å². The lowest BCUT2D eigenvalue weighted by Gasteiger charge is -2.27. The van der Waals surface area contributed by atoms with Crippen molar-refractivity contribution in [1.82, 2.24) is 4.90 Å². The molecule has 3 heteroatoms. The van der Waals surface area contributed by atoms with Crippen LogP contribution in [-0.2, 0) is 6.54 Å². The van der Waals surface area contributed by atoms with Gasteiger partial charge in [-0.3, -0.25) is 4.79 Å². The lowest BCUT2D eigenvalue weighted by atomic mass is 10.0. The van der Waals surface area contributed by atoms with Gasteiger partial charge in [-0.2, -0.15) is 0 Å². The molecule has 0 aliphatic carbocycles. The van der Waals surface area contributed by atoms with Crippen LogP contribution in [-0.4, -0.2) is 30.4 Å². The molecule has 0 N–H and O–H groups in total. The Hall–Kier alpha value is -2.29. The largest absolute Gasteiger partial charge is 0.366 e. The van der Waals surface area contributed by atoms with Gasteiger partial charge < -0.3 is 9.80 Å². The Morgan fingerprint density at radius 1 is 1.04 bits per heavy atom. The highest BCUT2D eigenvalue weighted by atomic mass is 16.2. The van der Waals surface area contributed by atoms with E-state index in [9.17, 15) is 4.79 Å². The molecule has 2 aromatic carbocycles. The summed E-state index contributed by atoms with van der Waals surface area (Å²) in [4.78, 5) is 17.2. The van der Waals surface area contributed by atoms with E-state index in [1.54, 1.807) is 0 Å². The molecule has 25 heavy (non-hydrogen) atoms. The minimum atomic E-state index is 0.191. The van der Waals surface area contributed by atoms with Crippen molar-refractivity contribution in [2.45, 2.75) is 38.6 Å². The van der Waals surface area contributed by atoms with Gasteiger partial charge in [0.05, 0.1) is 0 Å². The Morgan fingerprint density at radius 3 is 2.68 bits per heavy atom. The van der Waals surface area contributed by atoms with Crippen LogP contribution in [0.25, 0.3) is 0 Å². The van der Waals surface area contributed by atoms with Crippen LogP contribution < -0.4 is 4.90 Å². The zero-order chi connectivity index (χ0) is 17.2. The van der Waals surface area contributed by atoms with E-state index in [0.717, 1.165) is 44.6 Å². The fraction of sp³-hybridized carbons (Fsp3) is 0.409. The predicted molar refractivity (Wildman–Crippen MR) is 102 cm³/mol. The summed E-state index contributed by atoms with van der Waals surface area (Å²) in [6.45, 7) is 6.00. The van der Waals surface area contributed by atoms with Crippen molar-refractivity contribution in [2.75, 3.05) is 24.5 Å². The number of likely N-dealkylation sites (tertiary alicyclic amines) is 1. The zero-order valence-corrected chi connectivity index (χ0v) is 14.9. The molecule has 1 saturated heterocycles. The molecule has 0 bridgehead atoms. The summed E-state index contributed by atoms with van der Waals surface area (Å²) in [5, 5.41) is 0. The number of piperidine rings is 1. The molecule has 2 aliphatic rings. The average molecular weight is 334 g/mol. The van der Waals surface area contributed by atoms with Gasteiger partial charge in [0.25, 0.3) is 5.91 Å². The van der Waals surface area contributed by atoms with Crippen molar-refractivity contribution >= 4 is 11.6 Å². The van der Waals surface area contributed by atoms with Crippen LogP contribution in [0.4, 0.5) is 5.69 Å². The first-order valence-corrected chi connectivity index (χ1v) is 9.44. The van der Waals surface area contributed by atoms with Crippen LogP contribution in [0.3, 0.4) is 0 Å². The molecule has 2 aromatic rings. The van der Waals surface area contributed by atoms with Gasteiger partial charge in [-0.05, 0) is 48.6 Å². The highest BCUT2D eigenvalue weighted by molar-refractivity contribution is 5.94. The Bertz CT molecular complexity index is 764. The van der Waals surface area contributed by atoms with Crippen molar-refractivity contribution in [3.8, 4) is 0 Å². The SMILES string of the molecule is CC1CN(Cc2cccc(C(=O)N3CCCCC3)c2)c2ccccc21. The van der Waals surface area contributed by atoms with Gasteiger partial charge in [-0.25, -0.2) is 0 Å². The number of rotatable bonds is 3. The maximum atomic E-state index is 12.8. The normalized spacial score (nSPS) is 19.8. The summed E-state index contributed by atoms with van der Waals surface area (Å²) in [5.74, 6) is 0.756. The number of carbonyl (C=O) groups excluding carboxylic acids is 1. The fourth-order valence-corrected chi connectivity index (χ4v) is 4.17. The monoisotopic (exact) mass is 334 g/mol. The minimum absolute atomic E-state index is 0.191. The van der Waals surface area contributed by atoms with E-state index in [2.05, 4.69) is 48.2 Å². The summed E-state index contributed by atoms with van der Waals surface area (Å²) < 4.78 is 0. The smallest absolute Gasteiger partial charge is 0.253 e. The second kappa shape index (κ2) is 6.91. The molecule has 2 aliphatic heterocycles. The summed E-state index contributed by atoms with van der Waals surface area (Å²) in [6, 6.07) is 16.9.